The Balaban J connectivity index is 2.05. The molecule has 0 aliphatic heterocycles. The van der Waals surface area contributed by atoms with E-state index in [4.69, 9.17) is 16.3 Å². The summed E-state index contributed by atoms with van der Waals surface area (Å²) in [5, 5.41) is 12.8. The number of halogens is 1. The van der Waals surface area contributed by atoms with Crippen LogP contribution >= 0.6 is 22.9 Å². The molecule has 2 aromatic rings. The average Bonchev–Trinajstić information content (AvgIpc) is 2.73. The van der Waals surface area contributed by atoms with Crippen LogP contribution in [-0.4, -0.2) is 10.1 Å². The fourth-order valence-corrected chi connectivity index (χ4v) is 2.43. The van der Waals surface area contributed by atoms with E-state index in [9.17, 15) is 5.11 Å². The number of benzene rings is 1. The van der Waals surface area contributed by atoms with Crippen molar-refractivity contribution in [1.29, 1.82) is 0 Å². The summed E-state index contributed by atoms with van der Waals surface area (Å²) in [5.41, 5.74) is 1.77. The standard InChI is InChI=1S/C13H14ClNO2S/c1-8-7-18-13(15-8)6-17-12-4-3-10(9(2)16)5-11(12)14/h3-5,7,9,16H,6H2,1-2H3. The summed E-state index contributed by atoms with van der Waals surface area (Å²) < 4.78 is 5.61. The van der Waals surface area contributed by atoms with Crippen molar-refractivity contribution in [2.45, 2.75) is 26.6 Å². The van der Waals surface area contributed by atoms with Crippen molar-refractivity contribution in [2.75, 3.05) is 0 Å². The number of aliphatic hydroxyl groups excluding tert-OH is 1. The lowest BCUT2D eigenvalue weighted by Crippen LogP contribution is -1.97. The molecule has 1 N–H and O–H groups in total. The Morgan fingerprint density at radius 2 is 2.28 bits per heavy atom. The van der Waals surface area contributed by atoms with Gasteiger partial charge in [-0.15, -0.1) is 11.3 Å². The van der Waals surface area contributed by atoms with Gasteiger partial charge < -0.3 is 9.84 Å². The third-order valence-corrected chi connectivity index (χ3v) is 3.69. The van der Waals surface area contributed by atoms with E-state index in [1.165, 1.54) is 0 Å². The van der Waals surface area contributed by atoms with Crippen LogP contribution in [0.1, 0.15) is 29.3 Å². The van der Waals surface area contributed by atoms with E-state index in [1.54, 1.807) is 36.5 Å². The fraction of sp³-hybridized carbons (Fsp3) is 0.308. The zero-order valence-electron chi connectivity index (χ0n) is 10.2. The quantitative estimate of drug-likeness (QED) is 0.929. The van der Waals surface area contributed by atoms with Crippen LogP contribution in [-0.2, 0) is 6.61 Å². The number of rotatable bonds is 4. The second kappa shape index (κ2) is 5.69. The van der Waals surface area contributed by atoms with Gasteiger partial charge in [-0.3, -0.25) is 0 Å². The molecular formula is C13H14ClNO2S. The van der Waals surface area contributed by atoms with Gasteiger partial charge in [0.25, 0.3) is 0 Å². The van der Waals surface area contributed by atoms with Crippen LogP contribution in [0.4, 0.5) is 0 Å². The zero-order valence-corrected chi connectivity index (χ0v) is 11.8. The topological polar surface area (TPSA) is 42.4 Å². The van der Waals surface area contributed by atoms with E-state index < -0.39 is 6.10 Å². The first kappa shape index (κ1) is 13.3. The summed E-state index contributed by atoms with van der Waals surface area (Å²) in [6.07, 6.45) is -0.529. The molecule has 0 bridgehead atoms. The minimum atomic E-state index is -0.529. The Morgan fingerprint density at radius 3 is 2.83 bits per heavy atom. The highest BCUT2D eigenvalue weighted by Gasteiger charge is 2.07. The van der Waals surface area contributed by atoms with Crippen LogP contribution < -0.4 is 4.74 Å². The minimum Gasteiger partial charge on any atom is -0.485 e. The number of aromatic nitrogens is 1. The van der Waals surface area contributed by atoms with Gasteiger partial charge in [0, 0.05) is 11.1 Å². The van der Waals surface area contributed by atoms with Gasteiger partial charge in [0.1, 0.15) is 17.4 Å². The molecule has 1 heterocycles. The van der Waals surface area contributed by atoms with Gasteiger partial charge >= 0.3 is 0 Å². The molecule has 5 heteroatoms. The van der Waals surface area contributed by atoms with Crippen molar-refractivity contribution < 1.29 is 9.84 Å². The molecule has 0 fully saturated rings. The third kappa shape index (κ3) is 3.22. The van der Waals surface area contributed by atoms with Crippen LogP contribution in [0.5, 0.6) is 5.75 Å². The lowest BCUT2D eigenvalue weighted by atomic mass is 10.1. The fourth-order valence-electron chi connectivity index (χ4n) is 1.50. The van der Waals surface area contributed by atoms with E-state index in [1.807, 2.05) is 12.3 Å². The first-order valence-electron chi connectivity index (χ1n) is 5.57. The predicted molar refractivity (Wildman–Crippen MR) is 73.3 cm³/mol. The van der Waals surface area contributed by atoms with Crippen molar-refractivity contribution in [3.05, 3.63) is 44.9 Å². The lowest BCUT2D eigenvalue weighted by Gasteiger charge is -2.09. The normalized spacial score (nSPS) is 12.4. The maximum atomic E-state index is 9.44. The highest BCUT2D eigenvalue weighted by Crippen LogP contribution is 2.28. The summed E-state index contributed by atoms with van der Waals surface area (Å²) in [4.78, 5) is 4.31. The maximum Gasteiger partial charge on any atom is 0.140 e. The molecule has 0 saturated heterocycles. The summed E-state index contributed by atoms with van der Waals surface area (Å²) >= 11 is 7.66. The molecule has 96 valence electrons. The van der Waals surface area contributed by atoms with E-state index in [0.717, 1.165) is 16.3 Å². The monoisotopic (exact) mass is 283 g/mol. The van der Waals surface area contributed by atoms with Gasteiger partial charge in [0.15, 0.2) is 0 Å². The Hall–Kier alpha value is -1.10. The van der Waals surface area contributed by atoms with Crippen LogP contribution in [0.2, 0.25) is 5.02 Å². The number of aryl methyl sites for hydroxylation is 1. The molecule has 1 unspecified atom stereocenters. The molecule has 1 aromatic carbocycles. The van der Waals surface area contributed by atoms with Gasteiger partial charge in [0.05, 0.1) is 11.1 Å². The Bertz CT molecular complexity index is 540. The van der Waals surface area contributed by atoms with Crippen LogP contribution in [0.25, 0.3) is 0 Å². The molecule has 0 amide bonds. The SMILES string of the molecule is Cc1csc(COc2ccc(C(C)O)cc2Cl)n1. The minimum absolute atomic E-state index is 0.409. The van der Waals surface area contributed by atoms with Gasteiger partial charge in [-0.2, -0.15) is 0 Å². The average molecular weight is 284 g/mol. The van der Waals surface area contributed by atoms with E-state index in [-0.39, 0.29) is 0 Å². The molecule has 1 aromatic heterocycles. The highest BCUT2D eigenvalue weighted by atomic mass is 35.5. The number of aliphatic hydroxyl groups is 1. The molecule has 0 aliphatic carbocycles. The number of nitrogens with zero attached hydrogens (tertiary/aromatic N) is 1. The molecule has 0 aliphatic rings. The molecule has 1 atom stereocenters. The summed E-state index contributed by atoms with van der Waals surface area (Å²) in [6, 6.07) is 5.29. The van der Waals surface area contributed by atoms with Crippen LogP contribution in [0.3, 0.4) is 0 Å². The summed E-state index contributed by atoms with van der Waals surface area (Å²) in [5.74, 6) is 0.605. The number of hydrogen-bond acceptors (Lipinski definition) is 4. The van der Waals surface area contributed by atoms with Crippen molar-refractivity contribution >= 4 is 22.9 Å². The van der Waals surface area contributed by atoms with Gasteiger partial charge in [0.2, 0.25) is 0 Å². The third-order valence-electron chi connectivity index (χ3n) is 2.46. The first-order valence-corrected chi connectivity index (χ1v) is 6.83. The van der Waals surface area contributed by atoms with Gasteiger partial charge in [-0.05, 0) is 31.5 Å². The molecule has 0 radical (unpaired) electrons. The molecular weight excluding hydrogens is 270 g/mol. The lowest BCUT2D eigenvalue weighted by molar-refractivity contribution is 0.199. The molecule has 18 heavy (non-hydrogen) atoms. The largest absolute Gasteiger partial charge is 0.485 e. The highest BCUT2D eigenvalue weighted by molar-refractivity contribution is 7.09. The predicted octanol–water partition coefficient (Wildman–Crippen LogP) is 3.74. The van der Waals surface area contributed by atoms with Crippen molar-refractivity contribution in [3.8, 4) is 5.75 Å². The number of hydrogen-bond donors (Lipinski definition) is 1. The number of thiazole rings is 1. The van der Waals surface area contributed by atoms with Crippen LogP contribution in [0.15, 0.2) is 23.6 Å². The molecule has 2 rings (SSSR count). The zero-order chi connectivity index (χ0) is 13.1. The van der Waals surface area contributed by atoms with E-state index >= 15 is 0 Å². The molecule has 0 saturated carbocycles. The Morgan fingerprint density at radius 1 is 1.50 bits per heavy atom. The van der Waals surface area contributed by atoms with Crippen LogP contribution in [0, 0.1) is 6.92 Å². The summed E-state index contributed by atoms with van der Waals surface area (Å²) in [7, 11) is 0. The van der Waals surface area contributed by atoms with Crippen molar-refractivity contribution in [1.82, 2.24) is 4.98 Å². The van der Waals surface area contributed by atoms with Crippen molar-refractivity contribution in [2.24, 2.45) is 0 Å². The van der Waals surface area contributed by atoms with Crippen molar-refractivity contribution in [3.63, 3.8) is 0 Å². The summed E-state index contributed by atoms with van der Waals surface area (Å²) in [6.45, 7) is 4.06. The van der Waals surface area contributed by atoms with Gasteiger partial charge in [-0.25, -0.2) is 4.98 Å². The second-order valence-corrected chi connectivity index (χ2v) is 5.39. The maximum absolute atomic E-state index is 9.44. The Kier molecular flexibility index (Phi) is 4.22. The number of ether oxygens (including phenoxy) is 1. The Labute approximate surface area is 115 Å². The molecule has 3 nitrogen and oxygen atoms in total. The smallest absolute Gasteiger partial charge is 0.140 e. The first-order chi connectivity index (χ1) is 8.56. The molecule has 0 spiro atoms. The van der Waals surface area contributed by atoms with E-state index in [0.29, 0.717) is 17.4 Å². The van der Waals surface area contributed by atoms with E-state index in [2.05, 4.69) is 4.98 Å². The second-order valence-electron chi connectivity index (χ2n) is 4.04. The van der Waals surface area contributed by atoms with Gasteiger partial charge in [-0.1, -0.05) is 17.7 Å².